The number of alkyl carbamates (subject to hydrolysis) is 1. The average Bonchev–Trinajstić information content (AvgIpc) is 2.76. The SMILES string of the molecule is Cc1cccc(Cl)c1NC(=O)C(c1cccc(O)c1)N(C(=O)C(NC(=O)OC(C)(C)C)C(C)C)C(C)C. The molecule has 8 nitrogen and oxygen atoms in total. The molecule has 3 N–H and O–H groups in total. The summed E-state index contributed by atoms with van der Waals surface area (Å²) in [6, 6.07) is 8.92. The second-order valence-corrected chi connectivity index (χ2v) is 11.0. The van der Waals surface area contributed by atoms with Gasteiger partial charge in [0.15, 0.2) is 0 Å². The molecule has 2 aromatic carbocycles. The Morgan fingerprint density at radius 2 is 1.65 bits per heavy atom. The zero-order valence-electron chi connectivity index (χ0n) is 22.8. The standard InChI is InChI=1S/C28H38ClN3O5/c1-16(2)22(31-27(36)37-28(6,7)8)26(35)32(17(3)4)24(19-12-10-13-20(33)15-19)25(34)30-23-18(5)11-9-14-21(23)29/h9-17,22,24,33H,1-8H3,(H,30,34)(H,31,36). The third-order valence-corrected chi connectivity index (χ3v) is 5.91. The summed E-state index contributed by atoms with van der Waals surface area (Å²) in [5, 5.41) is 16.1. The van der Waals surface area contributed by atoms with E-state index in [0.717, 1.165) is 5.56 Å². The first kappa shape index (κ1) is 30.0. The molecule has 2 unspecified atom stereocenters. The van der Waals surface area contributed by atoms with Gasteiger partial charge in [-0.05, 0) is 76.8 Å². The lowest BCUT2D eigenvalue weighted by atomic mass is 9.97. The molecule has 0 saturated carbocycles. The normalized spacial score (nSPS) is 13.2. The molecule has 2 atom stereocenters. The molecule has 0 heterocycles. The Morgan fingerprint density at radius 1 is 1.03 bits per heavy atom. The number of ether oxygens (including phenoxy) is 1. The Bertz CT molecular complexity index is 1110. The number of aryl methyl sites for hydroxylation is 1. The summed E-state index contributed by atoms with van der Waals surface area (Å²) >= 11 is 6.36. The first-order valence-corrected chi connectivity index (χ1v) is 12.7. The largest absolute Gasteiger partial charge is 0.508 e. The van der Waals surface area contributed by atoms with E-state index < -0.39 is 41.6 Å². The zero-order valence-corrected chi connectivity index (χ0v) is 23.5. The highest BCUT2D eigenvalue weighted by atomic mass is 35.5. The number of hydrogen-bond acceptors (Lipinski definition) is 5. The molecule has 0 aliphatic carbocycles. The van der Waals surface area contributed by atoms with Crippen molar-refractivity contribution in [3.63, 3.8) is 0 Å². The van der Waals surface area contributed by atoms with E-state index in [1.54, 1.807) is 72.7 Å². The second-order valence-electron chi connectivity index (χ2n) is 10.6. The molecule has 0 spiro atoms. The molecule has 0 aromatic heterocycles. The van der Waals surface area contributed by atoms with Crippen LogP contribution in [0.2, 0.25) is 5.02 Å². The number of amides is 3. The minimum Gasteiger partial charge on any atom is -0.508 e. The molecule has 0 bridgehead atoms. The van der Waals surface area contributed by atoms with Crippen LogP contribution in [0.3, 0.4) is 0 Å². The van der Waals surface area contributed by atoms with Crippen molar-refractivity contribution in [2.75, 3.05) is 5.32 Å². The number of phenolic OH excluding ortho intramolecular Hbond substituents is 1. The summed E-state index contributed by atoms with van der Waals surface area (Å²) < 4.78 is 5.37. The van der Waals surface area contributed by atoms with Gasteiger partial charge in [-0.1, -0.05) is 49.7 Å². The van der Waals surface area contributed by atoms with Gasteiger partial charge < -0.3 is 25.4 Å². The van der Waals surface area contributed by atoms with E-state index in [1.165, 1.54) is 17.0 Å². The number of nitrogens with zero attached hydrogens (tertiary/aromatic N) is 1. The fourth-order valence-electron chi connectivity index (χ4n) is 3.90. The fraction of sp³-hybridized carbons (Fsp3) is 0.464. The van der Waals surface area contributed by atoms with Crippen molar-refractivity contribution in [1.29, 1.82) is 0 Å². The summed E-state index contributed by atoms with van der Waals surface area (Å²) in [4.78, 5) is 41.8. The smallest absolute Gasteiger partial charge is 0.408 e. The minimum absolute atomic E-state index is 0.0485. The molecule has 37 heavy (non-hydrogen) atoms. The number of para-hydroxylation sites is 1. The van der Waals surface area contributed by atoms with Gasteiger partial charge in [0.1, 0.15) is 23.4 Å². The molecular weight excluding hydrogens is 494 g/mol. The van der Waals surface area contributed by atoms with Crippen LogP contribution in [0.4, 0.5) is 10.5 Å². The molecule has 3 amide bonds. The Morgan fingerprint density at radius 3 is 2.16 bits per heavy atom. The molecular formula is C28H38ClN3O5. The lowest BCUT2D eigenvalue weighted by Crippen LogP contribution is -2.56. The number of halogens is 1. The Hall–Kier alpha value is -3.26. The van der Waals surface area contributed by atoms with Gasteiger partial charge in [0.2, 0.25) is 5.91 Å². The Balaban J connectivity index is 2.55. The van der Waals surface area contributed by atoms with Crippen LogP contribution < -0.4 is 10.6 Å². The van der Waals surface area contributed by atoms with Gasteiger partial charge in [0, 0.05) is 6.04 Å². The van der Waals surface area contributed by atoms with E-state index in [9.17, 15) is 19.5 Å². The maximum atomic E-state index is 14.0. The lowest BCUT2D eigenvalue weighted by Gasteiger charge is -2.38. The van der Waals surface area contributed by atoms with E-state index >= 15 is 0 Å². The third-order valence-electron chi connectivity index (χ3n) is 5.60. The summed E-state index contributed by atoms with van der Waals surface area (Å²) in [5.74, 6) is -1.33. The number of carbonyl (C=O) groups excluding carboxylic acids is 3. The number of rotatable bonds is 8. The van der Waals surface area contributed by atoms with Crippen LogP contribution in [0, 0.1) is 12.8 Å². The maximum absolute atomic E-state index is 14.0. The van der Waals surface area contributed by atoms with Crippen molar-refractivity contribution in [2.45, 2.75) is 79.1 Å². The van der Waals surface area contributed by atoms with E-state index in [-0.39, 0.29) is 11.7 Å². The topological polar surface area (TPSA) is 108 Å². The number of aromatic hydroxyl groups is 1. The predicted octanol–water partition coefficient (Wildman–Crippen LogP) is 5.82. The van der Waals surface area contributed by atoms with Crippen LogP contribution in [0.1, 0.15) is 65.6 Å². The van der Waals surface area contributed by atoms with Crippen molar-refractivity contribution < 1.29 is 24.2 Å². The predicted molar refractivity (Wildman–Crippen MR) is 146 cm³/mol. The summed E-state index contributed by atoms with van der Waals surface area (Å²) in [7, 11) is 0. The number of hydrogen-bond donors (Lipinski definition) is 3. The van der Waals surface area contributed by atoms with Crippen molar-refractivity contribution in [2.24, 2.45) is 5.92 Å². The highest BCUT2D eigenvalue weighted by Crippen LogP contribution is 2.31. The molecule has 2 rings (SSSR count). The molecule has 0 saturated heterocycles. The Kier molecular flexibility index (Phi) is 9.98. The van der Waals surface area contributed by atoms with Crippen LogP contribution in [0.5, 0.6) is 5.75 Å². The van der Waals surface area contributed by atoms with E-state index in [0.29, 0.717) is 16.3 Å². The number of anilines is 1. The van der Waals surface area contributed by atoms with Crippen LogP contribution in [-0.2, 0) is 14.3 Å². The van der Waals surface area contributed by atoms with Gasteiger partial charge in [-0.15, -0.1) is 0 Å². The van der Waals surface area contributed by atoms with Crippen molar-refractivity contribution in [3.8, 4) is 5.75 Å². The van der Waals surface area contributed by atoms with Gasteiger partial charge in [-0.2, -0.15) is 0 Å². The molecule has 202 valence electrons. The monoisotopic (exact) mass is 531 g/mol. The van der Waals surface area contributed by atoms with Crippen LogP contribution in [0.25, 0.3) is 0 Å². The zero-order chi connectivity index (χ0) is 28.1. The molecule has 0 aliphatic rings. The van der Waals surface area contributed by atoms with E-state index in [2.05, 4.69) is 10.6 Å². The van der Waals surface area contributed by atoms with Crippen LogP contribution in [-0.4, -0.2) is 45.6 Å². The quantitative estimate of drug-likeness (QED) is 0.398. The summed E-state index contributed by atoms with van der Waals surface area (Å²) in [5.41, 5.74) is 0.847. The molecule has 0 fully saturated rings. The first-order valence-electron chi connectivity index (χ1n) is 12.3. The van der Waals surface area contributed by atoms with Gasteiger partial charge >= 0.3 is 6.09 Å². The third kappa shape index (κ3) is 8.12. The molecule has 0 radical (unpaired) electrons. The average molecular weight is 532 g/mol. The summed E-state index contributed by atoms with van der Waals surface area (Å²) in [6.07, 6.45) is -0.728. The van der Waals surface area contributed by atoms with E-state index in [4.69, 9.17) is 16.3 Å². The molecule has 0 aliphatic heterocycles. The Labute approximate surface area is 224 Å². The molecule has 9 heteroatoms. The van der Waals surface area contributed by atoms with Crippen molar-refractivity contribution in [3.05, 3.63) is 58.6 Å². The second kappa shape index (κ2) is 12.3. The van der Waals surface area contributed by atoms with Crippen LogP contribution >= 0.6 is 11.6 Å². The van der Waals surface area contributed by atoms with E-state index in [1.807, 2.05) is 13.0 Å². The van der Waals surface area contributed by atoms with Gasteiger partial charge in [0.25, 0.3) is 5.91 Å². The van der Waals surface area contributed by atoms with Gasteiger partial charge in [0.05, 0.1) is 10.7 Å². The number of carbonyl (C=O) groups is 3. The minimum atomic E-state index is -1.13. The highest BCUT2D eigenvalue weighted by Gasteiger charge is 2.39. The number of nitrogens with one attached hydrogen (secondary N) is 2. The number of phenols is 1. The van der Waals surface area contributed by atoms with Crippen molar-refractivity contribution >= 4 is 35.2 Å². The number of benzene rings is 2. The fourth-order valence-corrected chi connectivity index (χ4v) is 4.17. The highest BCUT2D eigenvalue weighted by molar-refractivity contribution is 6.34. The maximum Gasteiger partial charge on any atom is 0.408 e. The van der Waals surface area contributed by atoms with Gasteiger partial charge in [-0.3, -0.25) is 9.59 Å². The van der Waals surface area contributed by atoms with Crippen LogP contribution in [0.15, 0.2) is 42.5 Å². The molecule has 2 aromatic rings. The lowest BCUT2D eigenvalue weighted by molar-refractivity contribution is -0.143. The first-order chi connectivity index (χ1) is 17.1. The summed E-state index contributed by atoms with van der Waals surface area (Å²) in [6.45, 7) is 14.2. The van der Waals surface area contributed by atoms with Crippen molar-refractivity contribution in [1.82, 2.24) is 10.2 Å². The van der Waals surface area contributed by atoms with Gasteiger partial charge in [-0.25, -0.2) is 4.79 Å².